The first-order valence-electron chi connectivity index (χ1n) is 15.1. The van der Waals surface area contributed by atoms with Crippen molar-refractivity contribution < 1.29 is 17.1 Å². The van der Waals surface area contributed by atoms with Gasteiger partial charge < -0.3 is 0 Å². The molecular formula is C42H36FeP2+2. The average Bonchev–Trinajstić information content (AvgIpc) is 3.84. The summed E-state index contributed by atoms with van der Waals surface area (Å²) in [5, 5.41) is 7.00. The van der Waals surface area contributed by atoms with E-state index >= 15 is 0 Å². The van der Waals surface area contributed by atoms with E-state index in [0.29, 0.717) is 5.66 Å². The molecule has 0 saturated heterocycles. The Morgan fingerprint density at radius 2 is 0.822 bits per heavy atom. The molecular weight excluding hydrogens is 622 g/mol. The molecule has 2 aliphatic carbocycles. The first-order valence-corrected chi connectivity index (χ1v) is 17.9. The fourth-order valence-electron chi connectivity index (χ4n) is 5.75. The Hall–Kier alpha value is -2.52. The van der Waals surface area contributed by atoms with Crippen molar-refractivity contribution in [3.8, 4) is 0 Å². The van der Waals surface area contributed by atoms with Gasteiger partial charge in [0, 0.05) is 5.92 Å². The molecule has 220 valence electrons. The maximum absolute atomic E-state index is 2.42. The molecule has 2 aliphatic rings. The molecule has 0 amide bonds. The van der Waals surface area contributed by atoms with Crippen molar-refractivity contribution in [1.82, 2.24) is 0 Å². The second-order valence-electron chi connectivity index (χ2n) is 10.6. The Morgan fingerprint density at radius 3 is 1.29 bits per heavy atom. The van der Waals surface area contributed by atoms with Crippen LogP contribution >= 0.6 is 15.8 Å². The van der Waals surface area contributed by atoms with Crippen molar-refractivity contribution in [2.45, 2.75) is 12.6 Å². The van der Waals surface area contributed by atoms with E-state index in [9.17, 15) is 0 Å². The van der Waals surface area contributed by atoms with Crippen LogP contribution in [0.5, 0.6) is 0 Å². The summed E-state index contributed by atoms with van der Waals surface area (Å²) in [6.45, 7) is 2.42. The molecule has 0 nitrogen and oxygen atoms in total. The summed E-state index contributed by atoms with van der Waals surface area (Å²) in [7, 11) is -1.28. The first-order chi connectivity index (χ1) is 21.8. The van der Waals surface area contributed by atoms with Gasteiger partial charge in [0.05, 0.1) is 0 Å². The van der Waals surface area contributed by atoms with Gasteiger partial charge in [-0.1, -0.05) is 153 Å². The van der Waals surface area contributed by atoms with Crippen molar-refractivity contribution >= 4 is 42.4 Å². The monoisotopic (exact) mass is 658 g/mol. The van der Waals surface area contributed by atoms with Gasteiger partial charge in [-0.15, -0.1) is 0 Å². The minimum absolute atomic E-state index is 0. The predicted octanol–water partition coefficient (Wildman–Crippen LogP) is 8.11. The van der Waals surface area contributed by atoms with Crippen molar-refractivity contribution in [3.05, 3.63) is 214 Å². The van der Waals surface area contributed by atoms with Gasteiger partial charge in [0.1, 0.15) is 0 Å². The molecule has 3 heteroatoms. The van der Waals surface area contributed by atoms with E-state index in [1.54, 1.807) is 0 Å². The third-order valence-electron chi connectivity index (χ3n) is 7.78. The van der Waals surface area contributed by atoms with Crippen LogP contribution in [0.3, 0.4) is 0 Å². The Kier molecular flexibility index (Phi) is 13.1. The third kappa shape index (κ3) is 8.45. The molecule has 0 bridgehead atoms. The van der Waals surface area contributed by atoms with Gasteiger partial charge in [-0.2, -0.15) is 0 Å². The van der Waals surface area contributed by atoms with Crippen LogP contribution in [-0.4, -0.2) is 5.66 Å². The zero-order valence-electron chi connectivity index (χ0n) is 25.3. The van der Waals surface area contributed by atoms with Crippen molar-refractivity contribution in [2.75, 3.05) is 0 Å². The van der Waals surface area contributed by atoms with E-state index in [1.165, 1.54) is 43.9 Å². The summed E-state index contributed by atoms with van der Waals surface area (Å²) < 4.78 is 0. The van der Waals surface area contributed by atoms with Crippen LogP contribution in [0.25, 0.3) is 0 Å². The fourth-order valence-corrected chi connectivity index (χ4v) is 10.9. The van der Waals surface area contributed by atoms with E-state index in [0.717, 1.165) is 0 Å². The van der Waals surface area contributed by atoms with Crippen molar-refractivity contribution in [3.63, 3.8) is 0 Å². The van der Waals surface area contributed by atoms with E-state index in [1.807, 2.05) is 32.1 Å². The van der Waals surface area contributed by atoms with Gasteiger partial charge in [0.25, 0.3) is 0 Å². The number of hydrogen-bond acceptors (Lipinski definition) is 0. The molecule has 5 aromatic carbocycles. The van der Waals surface area contributed by atoms with Crippen LogP contribution in [-0.2, 0) is 17.1 Å². The van der Waals surface area contributed by atoms with E-state index < -0.39 is 15.8 Å². The van der Waals surface area contributed by atoms with Gasteiger partial charge in [-0.3, -0.25) is 0 Å². The second kappa shape index (κ2) is 17.4. The topological polar surface area (TPSA) is 0 Å². The molecule has 5 aromatic rings. The Bertz CT molecular complexity index is 1450. The molecule has 0 N–H and O–H groups in total. The zero-order valence-corrected chi connectivity index (χ0v) is 28.2. The molecule has 1 atom stereocenters. The average molecular weight is 659 g/mol. The SMILES string of the molecule is C[C@H]([C]1[CH][CH][CH][C]1c1ccccc1P(c1ccccc1)c1ccccc1)P(c1ccccc1)c1ccccc1.[CH]1[CH][CH][CH][CH]1.[Fe+2]. The van der Waals surface area contributed by atoms with Crippen LogP contribution in [0, 0.1) is 63.2 Å². The summed E-state index contributed by atoms with van der Waals surface area (Å²) in [6.07, 6.45) is 16.9. The molecule has 2 fully saturated rings. The van der Waals surface area contributed by atoms with Crippen LogP contribution in [0.15, 0.2) is 146 Å². The summed E-state index contributed by atoms with van der Waals surface area (Å²) in [5.41, 5.74) is 1.71. The molecule has 7 rings (SSSR count). The minimum atomic E-state index is -0.701. The second-order valence-corrected chi connectivity index (χ2v) is 15.3. The van der Waals surface area contributed by atoms with E-state index in [2.05, 4.69) is 172 Å². The van der Waals surface area contributed by atoms with Gasteiger partial charge >= 0.3 is 17.1 Å². The van der Waals surface area contributed by atoms with Crippen molar-refractivity contribution in [1.29, 1.82) is 0 Å². The molecule has 0 aromatic heterocycles. The molecule has 0 spiro atoms. The normalized spacial score (nSPS) is 15.8. The zero-order chi connectivity index (χ0) is 30.0. The van der Waals surface area contributed by atoms with Gasteiger partial charge in [-0.25, -0.2) is 0 Å². The summed E-state index contributed by atoms with van der Waals surface area (Å²) >= 11 is 0. The third-order valence-corrected chi connectivity index (χ3v) is 13.0. The van der Waals surface area contributed by atoms with Crippen LogP contribution in [0.4, 0.5) is 0 Å². The minimum Gasteiger partial charge on any atom is -0.0622 e. The molecule has 2 saturated carbocycles. The summed E-state index contributed by atoms with van der Waals surface area (Å²) in [4.78, 5) is 0. The molecule has 0 unspecified atom stereocenters. The Morgan fingerprint density at radius 1 is 0.422 bits per heavy atom. The first kappa shape index (κ1) is 33.8. The van der Waals surface area contributed by atoms with E-state index in [-0.39, 0.29) is 17.1 Å². The van der Waals surface area contributed by atoms with Crippen molar-refractivity contribution in [2.24, 2.45) is 0 Å². The van der Waals surface area contributed by atoms with Crippen LogP contribution in [0.2, 0.25) is 0 Å². The summed E-state index contributed by atoms with van der Waals surface area (Å²) in [5.74, 6) is 2.79. The maximum Gasteiger partial charge on any atom is 2.00 e. The molecule has 10 radical (unpaired) electrons. The number of hydrogen-bond donors (Lipinski definition) is 0. The number of rotatable bonds is 8. The predicted molar refractivity (Wildman–Crippen MR) is 194 cm³/mol. The Labute approximate surface area is 285 Å². The standard InChI is InChI=1S/C37H31P2.C5H5.Fe/c1-29(38(30-17-6-2-7-18-30)31-19-8-3-9-20-31)34-26-16-27-35(34)36-25-14-15-28-37(36)39(32-21-10-4-11-22-32)33-23-12-5-13-24-33;1-2-4-5-3-1;/h2-29H,1H3;1-5H;/q;;+2/t29-;;/m1../s1. The largest absolute Gasteiger partial charge is 2.00 e. The number of benzene rings is 5. The Balaban J connectivity index is 0.000000609. The van der Waals surface area contributed by atoms with Gasteiger partial charge in [0.2, 0.25) is 0 Å². The maximum atomic E-state index is 2.42. The van der Waals surface area contributed by atoms with Crippen LogP contribution < -0.4 is 26.5 Å². The molecule has 45 heavy (non-hydrogen) atoms. The smallest absolute Gasteiger partial charge is 0.0622 e. The molecule has 0 heterocycles. The van der Waals surface area contributed by atoms with Crippen LogP contribution in [0.1, 0.15) is 12.5 Å². The van der Waals surface area contributed by atoms with Gasteiger partial charge in [-0.05, 0) is 111 Å². The quantitative estimate of drug-likeness (QED) is 0.117. The fraction of sp³-hybridized carbons (Fsp3) is 0.0476. The summed E-state index contributed by atoms with van der Waals surface area (Å²) in [6, 6.07) is 53.2. The van der Waals surface area contributed by atoms with Gasteiger partial charge in [0.15, 0.2) is 0 Å². The molecule has 0 aliphatic heterocycles. The van der Waals surface area contributed by atoms with E-state index in [4.69, 9.17) is 0 Å².